The first-order valence-corrected chi connectivity index (χ1v) is 8.26. The normalized spacial score (nSPS) is 34.6. The molecule has 1 fully saturated rings. The molecule has 4 atom stereocenters. The van der Waals surface area contributed by atoms with Gasteiger partial charge in [-0.05, 0) is 44.4 Å². The smallest absolute Gasteiger partial charge is 0.0246 e. The van der Waals surface area contributed by atoms with Gasteiger partial charge in [-0.3, -0.25) is 4.21 Å². The molecule has 1 N–H and O–H groups in total. The Balaban J connectivity index is 2.27. The van der Waals surface area contributed by atoms with Crippen molar-refractivity contribution in [2.24, 2.45) is 11.8 Å². The maximum absolute atomic E-state index is 11.0. The third-order valence-electron chi connectivity index (χ3n) is 3.54. The minimum atomic E-state index is -0.647. The molecule has 0 radical (unpaired) electrons. The van der Waals surface area contributed by atoms with Crippen molar-refractivity contribution < 1.29 is 4.21 Å². The van der Waals surface area contributed by atoms with Crippen molar-refractivity contribution in [1.82, 2.24) is 5.32 Å². The fourth-order valence-electron chi connectivity index (χ4n) is 2.91. The molecular weight excluding hydrogens is 218 g/mol. The predicted molar refractivity (Wildman–Crippen MR) is 72.1 cm³/mol. The van der Waals surface area contributed by atoms with Gasteiger partial charge in [-0.25, -0.2) is 0 Å². The van der Waals surface area contributed by atoms with Crippen LogP contribution in [-0.2, 0) is 10.8 Å². The van der Waals surface area contributed by atoms with Gasteiger partial charge in [0.25, 0.3) is 0 Å². The maximum atomic E-state index is 11.0. The van der Waals surface area contributed by atoms with E-state index in [9.17, 15) is 4.21 Å². The molecule has 4 unspecified atom stereocenters. The van der Waals surface area contributed by atoms with E-state index in [1.54, 1.807) is 6.26 Å². The first-order chi connectivity index (χ1) is 7.47. The van der Waals surface area contributed by atoms with Crippen LogP contribution in [-0.4, -0.2) is 28.3 Å². The van der Waals surface area contributed by atoms with Gasteiger partial charge in [-0.2, -0.15) is 0 Å². The van der Waals surface area contributed by atoms with Gasteiger partial charge in [0.1, 0.15) is 0 Å². The Morgan fingerprint density at radius 2 is 1.81 bits per heavy atom. The Bertz CT molecular complexity index is 222. The molecule has 0 saturated heterocycles. The minimum Gasteiger partial charge on any atom is -0.311 e. The molecule has 3 heteroatoms. The van der Waals surface area contributed by atoms with Crippen molar-refractivity contribution in [2.75, 3.05) is 12.0 Å². The van der Waals surface area contributed by atoms with Crippen LogP contribution in [0.2, 0.25) is 0 Å². The SMILES string of the molecule is CC1CC(C)CC(NC(C)CCS(C)=O)C1. The molecule has 1 aliphatic rings. The summed E-state index contributed by atoms with van der Waals surface area (Å²) in [7, 11) is -0.647. The van der Waals surface area contributed by atoms with Crippen LogP contribution in [0.4, 0.5) is 0 Å². The van der Waals surface area contributed by atoms with Gasteiger partial charge in [-0.1, -0.05) is 13.8 Å². The summed E-state index contributed by atoms with van der Waals surface area (Å²) in [5, 5.41) is 3.70. The second-order valence-corrected chi connectivity index (χ2v) is 7.30. The summed E-state index contributed by atoms with van der Waals surface area (Å²) in [6, 6.07) is 1.19. The Hall–Kier alpha value is 0.110. The summed E-state index contributed by atoms with van der Waals surface area (Å²) in [5.74, 6) is 2.54. The van der Waals surface area contributed by atoms with Crippen LogP contribution < -0.4 is 5.32 Å². The second kappa shape index (κ2) is 6.75. The lowest BCUT2D eigenvalue weighted by molar-refractivity contribution is 0.227. The first kappa shape index (κ1) is 14.2. The lowest BCUT2D eigenvalue weighted by Gasteiger charge is -2.34. The Morgan fingerprint density at radius 3 is 2.31 bits per heavy atom. The summed E-state index contributed by atoms with van der Waals surface area (Å²) >= 11 is 0. The molecule has 0 aromatic rings. The Labute approximate surface area is 103 Å². The molecular formula is C13H27NOS. The summed E-state index contributed by atoms with van der Waals surface area (Å²) in [5.41, 5.74) is 0. The lowest BCUT2D eigenvalue weighted by Crippen LogP contribution is -2.41. The van der Waals surface area contributed by atoms with Crippen molar-refractivity contribution in [3.8, 4) is 0 Å². The molecule has 16 heavy (non-hydrogen) atoms. The van der Waals surface area contributed by atoms with Gasteiger partial charge in [0, 0.05) is 34.9 Å². The molecule has 96 valence electrons. The van der Waals surface area contributed by atoms with E-state index < -0.39 is 10.8 Å². The van der Waals surface area contributed by atoms with Crippen molar-refractivity contribution in [3.05, 3.63) is 0 Å². The van der Waals surface area contributed by atoms with Crippen molar-refractivity contribution in [2.45, 2.75) is 58.5 Å². The van der Waals surface area contributed by atoms with Gasteiger partial charge in [0.05, 0.1) is 0 Å². The van der Waals surface area contributed by atoms with E-state index in [-0.39, 0.29) is 0 Å². The van der Waals surface area contributed by atoms with E-state index in [4.69, 9.17) is 0 Å². The van der Waals surface area contributed by atoms with E-state index in [1.165, 1.54) is 19.3 Å². The number of rotatable bonds is 5. The topological polar surface area (TPSA) is 29.1 Å². The molecule has 0 aliphatic heterocycles. The summed E-state index contributed by atoms with van der Waals surface area (Å²) < 4.78 is 11.0. The number of nitrogens with one attached hydrogen (secondary N) is 1. The average Bonchev–Trinajstić information content (AvgIpc) is 2.12. The zero-order valence-electron chi connectivity index (χ0n) is 11.2. The van der Waals surface area contributed by atoms with E-state index in [0.29, 0.717) is 12.1 Å². The summed E-state index contributed by atoms with van der Waals surface area (Å²) in [6.45, 7) is 6.93. The molecule has 1 saturated carbocycles. The van der Waals surface area contributed by atoms with Crippen LogP contribution in [0, 0.1) is 11.8 Å². The zero-order chi connectivity index (χ0) is 12.1. The quantitative estimate of drug-likeness (QED) is 0.806. The summed E-state index contributed by atoms with van der Waals surface area (Å²) in [6.07, 6.45) is 6.82. The molecule has 0 amide bonds. The van der Waals surface area contributed by atoms with Gasteiger partial charge < -0.3 is 5.32 Å². The lowest BCUT2D eigenvalue weighted by atomic mass is 9.80. The van der Waals surface area contributed by atoms with Gasteiger partial charge in [0.15, 0.2) is 0 Å². The van der Waals surface area contributed by atoms with Crippen molar-refractivity contribution in [3.63, 3.8) is 0 Å². The third-order valence-corrected chi connectivity index (χ3v) is 4.35. The molecule has 0 bridgehead atoms. The van der Waals surface area contributed by atoms with Crippen LogP contribution in [0.15, 0.2) is 0 Å². The van der Waals surface area contributed by atoms with Crippen molar-refractivity contribution in [1.29, 1.82) is 0 Å². The van der Waals surface area contributed by atoms with Gasteiger partial charge >= 0.3 is 0 Å². The molecule has 1 rings (SSSR count). The highest BCUT2D eigenvalue weighted by Crippen LogP contribution is 2.28. The monoisotopic (exact) mass is 245 g/mol. The van der Waals surface area contributed by atoms with Gasteiger partial charge in [0.2, 0.25) is 0 Å². The summed E-state index contributed by atoms with van der Waals surface area (Å²) in [4.78, 5) is 0. The standard InChI is InChI=1S/C13H27NOS/c1-10-7-11(2)9-13(8-10)14-12(3)5-6-16(4)15/h10-14H,5-9H2,1-4H3. The van der Waals surface area contributed by atoms with E-state index >= 15 is 0 Å². The highest BCUT2D eigenvalue weighted by atomic mass is 32.2. The fraction of sp³-hybridized carbons (Fsp3) is 1.00. The van der Waals surface area contributed by atoms with Crippen LogP contribution in [0.5, 0.6) is 0 Å². The third kappa shape index (κ3) is 5.44. The van der Waals surface area contributed by atoms with E-state index in [0.717, 1.165) is 24.0 Å². The van der Waals surface area contributed by atoms with Crippen LogP contribution >= 0.6 is 0 Å². The predicted octanol–water partition coefficient (Wildman–Crippen LogP) is 2.56. The van der Waals surface area contributed by atoms with Gasteiger partial charge in [-0.15, -0.1) is 0 Å². The molecule has 0 aromatic carbocycles. The molecule has 1 aliphatic carbocycles. The van der Waals surface area contributed by atoms with Crippen molar-refractivity contribution >= 4 is 10.8 Å². The molecule has 0 heterocycles. The van der Waals surface area contributed by atoms with E-state index in [1.807, 2.05) is 0 Å². The number of hydrogen-bond donors (Lipinski definition) is 1. The van der Waals surface area contributed by atoms with Crippen LogP contribution in [0.3, 0.4) is 0 Å². The second-order valence-electron chi connectivity index (χ2n) is 5.75. The van der Waals surface area contributed by atoms with E-state index in [2.05, 4.69) is 26.1 Å². The minimum absolute atomic E-state index is 0.506. The first-order valence-electron chi connectivity index (χ1n) is 6.53. The zero-order valence-corrected chi connectivity index (χ0v) is 12.0. The molecule has 2 nitrogen and oxygen atoms in total. The van der Waals surface area contributed by atoms with Crippen LogP contribution in [0.1, 0.15) is 46.5 Å². The fourth-order valence-corrected chi connectivity index (χ4v) is 3.60. The number of hydrogen-bond acceptors (Lipinski definition) is 2. The Kier molecular flexibility index (Phi) is 5.98. The average molecular weight is 245 g/mol. The molecule has 0 aromatic heterocycles. The van der Waals surface area contributed by atoms with Crippen LogP contribution in [0.25, 0.3) is 0 Å². The molecule has 0 spiro atoms. The highest BCUT2D eigenvalue weighted by molar-refractivity contribution is 7.84. The Morgan fingerprint density at radius 1 is 1.25 bits per heavy atom. The largest absolute Gasteiger partial charge is 0.311 e. The maximum Gasteiger partial charge on any atom is 0.0246 e. The highest BCUT2D eigenvalue weighted by Gasteiger charge is 2.24.